The summed E-state index contributed by atoms with van der Waals surface area (Å²) in [6, 6.07) is 10.5. The molecular formula is C13H21N5O. The Balaban J connectivity index is 0.000000321. The van der Waals surface area contributed by atoms with Crippen molar-refractivity contribution >= 4 is 22.8 Å². The molecule has 104 valence electrons. The zero-order valence-corrected chi connectivity index (χ0v) is 11.5. The number of guanidine groups is 1. The molecule has 19 heavy (non-hydrogen) atoms. The summed E-state index contributed by atoms with van der Waals surface area (Å²) in [4.78, 5) is 13.0. The third-order valence-electron chi connectivity index (χ3n) is 2.08. The summed E-state index contributed by atoms with van der Waals surface area (Å²) in [6.45, 7) is 1.28. The highest BCUT2D eigenvalue weighted by Gasteiger charge is 1.92. The number of aryl methyl sites for hydroxylation is 1. The second kappa shape index (κ2) is 8.71. The first-order valence-electron chi connectivity index (χ1n) is 5.68. The highest BCUT2D eigenvalue weighted by Crippen LogP contribution is 2.12. The third-order valence-corrected chi connectivity index (χ3v) is 2.08. The molecule has 6 N–H and O–H groups in total. The zero-order valence-electron chi connectivity index (χ0n) is 11.5. The summed E-state index contributed by atoms with van der Waals surface area (Å²) in [6.07, 6.45) is 2.07. The first kappa shape index (κ1) is 16.7. The maximum Gasteiger partial charge on any atom is 0.245 e. The molecule has 0 bridgehead atoms. The number of nitrogens with two attached hydrogens (primary N) is 3. The fourth-order valence-electron chi connectivity index (χ4n) is 1.40. The smallest absolute Gasteiger partial charge is 0.245 e. The average molecular weight is 263 g/mol. The standard InChI is InChI=1S/C9H9N.C3H7N3O.CH5N/c1-10-7-6-8-4-2-3-5-9(8)10;1-2(7)6-3(4)5;1-2/h2-7H,1H3;1H3,(H4,4,5,6,7);2H2,1H3. The summed E-state index contributed by atoms with van der Waals surface area (Å²) in [5.74, 6) is -0.562. The van der Waals surface area contributed by atoms with E-state index >= 15 is 0 Å². The summed E-state index contributed by atoms with van der Waals surface area (Å²) < 4.78 is 2.12. The minimum absolute atomic E-state index is 0.187. The van der Waals surface area contributed by atoms with E-state index in [0.29, 0.717) is 0 Å². The van der Waals surface area contributed by atoms with Gasteiger partial charge in [0.05, 0.1) is 0 Å². The SMILES string of the molecule is CC(=O)N=C(N)N.CN.Cn1ccc2ccccc21. The van der Waals surface area contributed by atoms with Crippen molar-refractivity contribution in [3.8, 4) is 0 Å². The number of rotatable bonds is 0. The highest BCUT2D eigenvalue weighted by molar-refractivity contribution is 5.90. The molecule has 0 unspecified atom stereocenters. The first-order valence-corrected chi connectivity index (χ1v) is 5.68. The number of para-hydroxylation sites is 1. The van der Waals surface area contributed by atoms with Crippen molar-refractivity contribution in [3.05, 3.63) is 36.5 Å². The average Bonchev–Trinajstić information content (AvgIpc) is 2.73. The zero-order chi connectivity index (χ0) is 14.8. The van der Waals surface area contributed by atoms with Crippen LogP contribution in [0.5, 0.6) is 0 Å². The van der Waals surface area contributed by atoms with Crippen molar-refractivity contribution in [1.82, 2.24) is 4.57 Å². The number of amides is 1. The van der Waals surface area contributed by atoms with E-state index in [-0.39, 0.29) is 11.9 Å². The minimum atomic E-state index is -0.375. The molecule has 0 radical (unpaired) electrons. The number of hydrogen-bond donors (Lipinski definition) is 3. The van der Waals surface area contributed by atoms with Gasteiger partial charge in [-0.3, -0.25) is 4.79 Å². The Morgan fingerprint density at radius 3 is 2.16 bits per heavy atom. The van der Waals surface area contributed by atoms with Crippen LogP contribution >= 0.6 is 0 Å². The van der Waals surface area contributed by atoms with Gasteiger partial charge in [0.2, 0.25) is 5.91 Å². The minimum Gasteiger partial charge on any atom is -0.370 e. The van der Waals surface area contributed by atoms with E-state index in [2.05, 4.69) is 58.9 Å². The van der Waals surface area contributed by atoms with Gasteiger partial charge in [0.1, 0.15) is 0 Å². The molecule has 1 amide bonds. The van der Waals surface area contributed by atoms with Crippen LogP contribution in [0.2, 0.25) is 0 Å². The van der Waals surface area contributed by atoms with E-state index < -0.39 is 0 Å². The van der Waals surface area contributed by atoms with E-state index in [0.717, 1.165) is 0 Å². The van der Waals surface area contributed by atoms with Gasteiger partial charge >= 0.3 is 0 Å². The molecule has 0 saturated carbocycles. The van der Waals surface area contributed by atoms with Crippen LogP contribution in [0, 0.1) is 0 Å². The molecule has 0 fully saturated rings. The van der Waals surface area contributed by atoms with Crippen LogP contribution in [0.4, 0.5) is 0 Å². The molecule has 6 heteroatoms. The lowest BCUT2D eigenvalue weighted by atomic mass is 10.2. The maximum atomic E-state index is 9.91. The van der Waals surface area contributed by atoms with Crippen LogP contribution in [0.25, 0.3) is 10.9 Å². The fraction of sp³-hybridized carbons (Fsp3) is 0.231. The number of nitrogens with zero attached hydrogens (tertiary/aromatic N) is 2. The molecule has 0 aliphatic heterocycles. The van der Waals surface area contributed by atoms with Crippen LogP contribution in [-0.2, 0) is 11.8 Å². The first-order chi connectivity index (χ1) is 9.00. The van der Waals surface area contributed by atoms with Gasteiger partial charge in [0, 0.05) is 25.7 Å². The van der Waals surface area contributed by atoms with Crippen molar-refractivity contribution in [1.29, 1.82) is 0 Å². The molecule has 1 aromatic heterocycles. The second-order valence-electron chi connectivity index (χ2n) is 3.54. The van der Waals surface area contributed by atoms with Gasteiger partial charge in [-0.2, -0.15) is 4.99 Å². The Hall–Kier alpha value is -2.34. The Bertz CT molecular complexity index is 541. The van der Waals surface area contributed by atoms with Crippen LogP contribution in [0.1, 0.15) is 6.92 Å². The number of fused-ring (bicyclic) bond motifs is 1. The lowest BCUT2D eigenvalue weighted by molar-refractivity contribution is -0.115. The molecule has 1 heterocycles. The van der Waals surface area contributed by atoms with Gasteiger partial charge in [0.25, 0.3) is 0 Å². The maximum absolute atomic E-state index is 9.91. The quantitative estimate of drug-likeness (QED) is 0.476. The van der Waals surface area contributed by atoms with E-state index in [1.165, 1.54) is 24.9 Å². The lowest BCUT2D eigenvalue weighted by Gasteiger charge is -1.92. The van der Waals surface area contributed by atoms with Gasteiger partial charge in [-0.15, -0.1) is 0 Å². The van der Waals surface area contributed by atoms with Crippen LogP contribution in [0.3, 0.4) is 0 Å². The molecule has 1 aromatic carbocycles. The van der Waals surface area contributed by atoms with Crippen molar-refractivity contribution in [3.63, 3.8) is 0 Å². The van der Waals surface area contributed by atoms with Crippen molar-refractivity contribution in [2.75, 3.05) is 7.05 Å². The number of carbonyl (C=O) groups is 1. The van der Waals surface area contributed by atoms with E-state index in [4.69, 9.17) is 11.5 Å². The van der Waals surface area contributed by atoms with E-state index in [1.807, 2.05) is 0 Å². The van der Waals surface area contributed by atoms with E-state index in [9.17, 15) is 4.79 Å². The van der Waals surface area contributed by atoms with E-state index in [1.54, 1.807) is 0 Å². The Morgan fingerprint density at radius 1 is 1.16 bits per heavy atom. The molecule has 2 aromatic rings. The predicted octanol–water partition coefficient (Wildman–Crippen LogP) is 0.560. The molecule has 0 aliphatic rings. The van der Waals surface area contributed by atoms with Crippen LogP contribution < -0.4 is 17.2 Å². The van der Waals surface area contributed by atoms with Gasteiger partial charge in [-0.25, -0.2) is 0 Å². The molecule has 0 aliphatic carbocycles. The summed E-state index contributed by atoms with van der Waals surface area (Å²) in [5, 5.41) is 1.31. The molecule has 0 atom stereocenters. The molecule has 6 nitrogen and oxygen atoms in total. The van der Waals surface area contributed by atoms with Crippen LogP contribution in [0.15, 0.2) is 41.5 Å². The molecule has 0 spiro atoms. The van der Waals surface area contributed by atoms with Gasteiger partial charge in [-0.05, 0) is 24.6 Å². The lowest BCUT2D eigenvalue weighted by Crippen LogP contribution is -2.23. The molecule has 0 saturated heterocycles. The number of hydrogen-bond acceptors (Lipinski definition) is 2. The normalized spacial score (nSPS) is 8.63. The summed E-state index contributed by atoms with van der Waals surface area (Å²) in [5.41, 5.74) is 15.4. The van der Waals surface area contributed by atoms with Crippen molar-refractivity contribution in [2.24, 2.45) is 29.2 Å². The summed E-state index contributed by atoms with van der Waals surface area (Å²) in [7, 11) is 3.56. The van der Waals surface area contributed by atoms with Gasteiger partial charge in [0.15, 0.2) is 5.96 Å². The molecular weight excluding hydrogens is 242 g/mol. The second-order valence-corrected chi connectivity index (χ2v) is 3.54. The Kier molecular flexibility index (Phi) is 7.64. The topological polar surface area (TPSA) is 112 Å². The fourth-order valence-corrected chi connectivity index (χ4v) is 1.40. The highest BCUT2D eigenvalue weighted by atomic mass is 16.1. The van der Waals surface area contributed by atoms with Gasteiger partial charge in [-0.1, -0.05) is 18.2 Å². The Labute approximate surface area is 112 Å². The summed E-state index contributed by atoms with van der Waals surface area (Å²) >= 11 is 0. The third kappa shape index (κ3) is 6.23. The Morgan fingerprint density at radius 2 is 1.74 bits per heavy atom. The predicted molar refractivity (Wildman–Crippen MR) is 79.5 cm³/mol. The van der Waals surface area contributed by atoms with Crippen LogP contribution in [-0.4, -0.2) is 23.5 Å². The number of aliphatic imine (C=N–C) groups is 1. The monoisotopic (exact) mass is 263 g/mol. The van der Waals surface area contributed by atoms with Crippen molar-refractivity contribution < 1.29 is 4.79 Å². The number of aromatic nitrogens is 1. The number of benzene rings is 1. The number of carbonyl (C=O) groups excluding carboxylic acids is 1. The molecule has 2 rings (SSSR count). The van der Waals surface area contributed by atoms with Gasteiger partial charge < -0.3 is 21.8 Å². The van der Waals surface area contributed by atoms with Crippen molar-refractivity contribution in [2.45, 2.75) is 6.92 Å². The largest absolute Gasteiger partial charge is 0.370 e.